The molecule has 11 heteroatoms. The van der Waals surface area contributed by atoms with Gasteiger partial charge in [-0.15, -0.1) is 0 Å². The molecule has 0 saturated heterocycles. The molecular formula is C26H17ClF3N5O2. The average Bonchev–Trinajstić information content (AvgIpc) is 3.29. The van der Waals surface area contributed by atoms with E-state index in [1.54, 1.807) is 4.90 Å². The van der Waals surface area contributed by atoms with Crippen LogP contribution in [0.15, 0.2) is 64.4 Å². The minimum absolute atomic E-state index is 0.0120. The number of benzene rings is 2. The first-order valence-electron chi connectivity index (χ1n) is 11.1. The van der Waals surface area contributed by atoms with Crippen molar-refractivity contribution in [2.75, 3.05) is 4.90 Å². The molecule has 4 aromatic rings. The van der Waals surface area contributed by atoms with E-state index >= 15 is 0 Å². The zero-order valence-corrected chi connectivity index (χ0v) is 19.8. The number of anilines is 1. The minimum atomic E-state index is -1.63. The van der Waals surface area contributed by atoms with Gasteiger partial charge < -0.3 is 4.90 Å². The second-order valence-electron chi connectivity index (χ2n) is 8.51. The van der Waals surface area contributed by atoms with Crippen LogP contribution in [0.2, 0.25) is 5.02 Å². The van der Waals surface area contributed by atoms with E-state index in [9.17, 15) is 28.0 Å². The number of rotatable bonds is 5. The summed E-state index contributed by atoms with van der Waals surface area (Å²) in [5.41, 5.74) is 0.369. The lowest BCUT2D eigenvalue weighted by Gasteiger charge is -2.26. The van der Waals surface area contributed by atoms with Gasteiger partial charge in [0.1, 0.15) is 5.82 Å². The van der Waals surface area contributed by atoms with E-state index in [-0.39, 0.29) is 34.1 Å². The molecule has 0 bridgehead atoms. The summed E-state index contributed by atoms with van der Waals surface area (Å²) in [5, 5.41) is 9.73. The fourth-order valence-electron chi connectivity index (χ4n) is 4.54. The largest absolute Gasteiger partial charge is 0.349 e. The molecule has 0 atom stereocenters. The Kier molecular flexibility index (Phi) is 6.31. The maximum Gasteiger partial charge on any atom is 0.337 e. The lowest BCUT2D eigenvalue weighted by atomic mass is 10.1. The van der Waals surface area contributed by atoms with Gasteiger partial charge in [-0.3, -0.25) is 14.3 Å². The maximum atomic E-state index is 14.0. The molecule has 37 heavy (non-hydrogen) atoms. The van der Waals surface area contributed by atoms with Crippen LogP contribution in [-0.4, -0.2) is 14.1 Å². The molecule has 0 unspecified atom stereocenters. The van der Waals surface area contributed by atoms with E-state index < -0.39 is 35.2 Å². The van der Waals surface area contributed by atoms with Gasteiger partial charge >= 0.3 is 5.69 Å². The number of pyridine rings is 1. The third-order valence-electron chi connectivity index (χ3n) is 6.14. The Bertz CT molecular complexity index is 1660. The van der Waals surface area contributed by atoms with Gasteiger partial charge in [-0.05, 0) is 34.9 Å². The van der Waals surface area contributed by atoms with Crippen molar-refractivity contribution in [2.45, 2.75) is 26.1 Å². The first-order chi connectivity index (χ1) is 17.8. The van der Waals surface area contributed by atoms with E-state index in [1.807, 2.05) is 30.3 Å². The van der Waals surface area contributed by atoms with Crippen molar-refractivity contribution in [1.82, 2.24) is 14.1 Å². The molecular weight excluding hydrogens is 507 g/mol. The Balaban J connectivity index is 1.79. The molecule has 0 aliphatic carbocycles. The first kappa shape index (κ1) is 24.3. The summed E-state index contributed by atoms with van der Waals surface area (Å²) >= 11 is 6.04. The molecule has 0 amide bonds. The Labute approximate surface area is 213 Å². The van der Waals surface area contributed by atoms with Gasteiger partial charge in [0.2, 0.25) is 0 Å². The van der Waals surface area contributed by atoms with Crippen molar-refractivity contribution in [3.8, 4) is 11.8 Å². The fraction of sp³-hybridized carbons (Fsp3) is 0.154. The Hall–Kier alpha value is -4.36. The Morgan fingerprint density at radius 1 is 1.00 bits per heavy atom. The van der Waals surface area contributed by atoms with Crippen LogP contribution in [0.1, 0.15) is 22.3 Å². The van der Waals surface area contributed by atoms with Crippen LogP contribution in [0.3, 0.4) is 0 Å². The molecule has 5 rings (SSSR count). The molecule has 7 nitrogen and oxygen atoms in total. The molecule has 2 aromatic carbocycles. The number of fused-ring (bicyclic) bond motifs is 1. The lowest BCUT2D eigenvalue weighted by molar-refractivity contribution is 0.444. The highest BCUT2D eigenvalue weighted by atomic mass is 35.5. The SMILES string of the molecule is N#CCc1c(N2Cc3ccccc3C2)n(Cc2cc(F)c(F)c(F)c2)c(=O)n(-c2cncc(Cl)c2)c1=O. The fourth-order valence-corrected chi connectivity index (χ4v) is 4.71. The standard InChI is InChI=1S/C26H17ClF3N5O2/c27-18-9-19(11-32-10-18)35-25(36)20(5-6-31)24(33-13-16-3-1-2-4-17(16)14-33)34(26(35)37)12-15-7-21(28)23(30)22(29)8-15/h1-4,7-11H,5,12-14H2. The average molecular weight is 524 g/mol. The highest BCUT2D eigenvalue weighted by Crippen LogP contribution is 2.30. The molecule has 0 saturated carbocycles. The van der Waals surface area contributed by atoms with Crippen LogP contribution in [-0.2, 0) is 26.1 Å². The minimum Gasteiger partial charge on any atom is -0.349 e. The summed E-state index contributed by atoms with van der Waals surface area (Å²) in [7, 11) is 0. The molecule has 0 spiro atoms. The van der Waals surface area contributed by atoms with Crippen LogP contribution in [0, 0.1) is 28.8 Å². The van der Waals surface area contributed by atoms with Crippen molar-refractivity contribution in [2.24, 2.45) is 0 Å². The van der Waals surface area contributed by atoms with Crippen LogP contribution >= 0.6 is 11.6 Å². The predicted molar refractivity (Wildman–Crippen MR) is 130 cm³/mol. The van der Waals surface area contributed by atoms with Crippen molar-refractivity contribution < 1.29 is 13.2 Å². The summed E-state index contributed by atoms with van der Waals surface area (Å²) in [4.78, 5) is 33.2. The topological polar surface area (TPSA) is 83.9 Å². The third kappa shape index (κ3) is 4.38. The first-order valence-corrected chi connectivity index (χ1v) is 11.5. The molecule has 2 aromatic heterocycles. The van der Waals surface area contributed by atoms with Crippen molar-refractivity contribution in [3.63, 3.8) is 0 Å². The number of hydrogen-bond acceptors (Lipinski definition) is 5. The molecule has 3 heterocycles. The number of nitrogens with zero attached hydrogens (tertiary/aromatic N) is 5. The maximum absolute atomic E-state index is 14.0. The molecule has 1 aliphatic heterocycles. The molecule has 186 valence electrons. The smallest absolute Gasteiger partial charge is 0.337 e. The third-order valence-corrected chi connectivity index (χ3v) is 6.34. The van der Waals surface area contributed by atoms with Crippen molar-refractivity contribution in [3.05, 3.63) is 120 Å². The van der Waals surface area contributed by atoms with Crippen molar-refractivity contribution >= 4 is 17.4 Å². The number of hydrogen-bond donors (Lipinski definition) is 0. The van der Waals surface area contributed by atoms with Crippen LogP contribution in [0.25, 0.3) is 5.69 Å². The summed E-state index contributed by atoms with van der Waals surface area (Å²) < 4.78 is 43.7. The van der Waals surface area contributed by atoms with E-state index in [0.717, 1.165) is 32.4 Å². The summed E-state index contributed by atoms with van der Waals surface area (Å²) in [5.74, 6) is -4.32. The summed E-state index contributed by atoms with van der Waals surface area (Å²) in [6.07, 6.45) is 2.24. The number of aromatic nitrogens is 3. The van der Waals surface area contributed by atoms with Crippen LogP contribution < -0.4 is 16.1 Å². The van der Waals surface area contributed by atoms with Crippen LogP contribution in [0.5, 0.6) is 0 Å². The molecule has 0 fully saturated rings. The van der Waals surface area contributed by atoms with Gasteiger partial charge in [-0.25, -0.2) is 22.5 Å². The van der Waals surface area contributed by atoms with E-state index in [4.69, 9.17) is 11.6 Å². The monoisotopic (exact) mass is 523 g/mol. The zero-order chi connectivity index (χ0) is 26.3. The van der Waals surface area contributed by atoms with E-state index in [0.29, 0.717) is 13.1 Å². The highest BCUT2D eigenvalue weighted by Gasteiger charge is 2.28. The second-order valence-corrected chi connectivity index (χ2v) is 8.94. The predicted octanol–water partition coefficient (Wildman–Crippen LogP) is 4.10. The highest BCUT2D eigenvalue weighted by molar-refractivity contribution is 6.30. The number of nitriles is 1. The van der Waals surface area contributed by atoms with Gasteiger partial charge in [0.25, 0.3) is 5.56 Å². The summed E-state index contributed by atoms with van der Waals surface area (Å²) in [6.45, 7) is 0.270. The zero-order valence-electron chi connectivity index (χ0n) is 19.1. The number of halogens is 4. The quantitative estimate of drug-likeness (QED) is 0.368. The van der Waals surface area contributed by atoms with Gasteiger partial charge in [0.05, 0.1) is 41.5 Å². The van der Waals surface area contributed by atoms with Crippen LogP contribution in [0.4, 0.5) is 19.0 Å². The molecule has 0 radical (unpaired) electrons. The normalized spacial score (nSPS) is 12.5. The van der Waals surface area contributed by atoms with Gasteiger partial charge in [-0.2, -0.15) is 5.26 Å². The summed E-state index contributed by atoms with van der Waals surface area (Å²) in [6, 6.07) is 12.4. The van der Waals surface area contributed by atoms with Gasteiger partial charge in [0, 0.05) is 19.3 Å². The Morgan fingerprint density at radius 2 is 1.65 bits per heavy atom. The molecule has 0 N–H and O–H groups in total. The van der Waals surface area contributed by atoms with E-state index in [2.05, 4.69) is 4.98 Å². The lowest BCUT2D eigenvalue weighted by Crippen LogP contribution is -2.44. The van der Waals surface area contributed by atoms with Crippen molar-refractivity contribution in [1.29, 1.82) is 5.26 Å². The van der Waals surface area contributed by atoms with Gasteiger partial charge in [0.15, 0.2) is 17.5 Å². The van der Waals surface area contributed by atoms with Gasteiger partial charge in [-0.1, -0.05) is 35.9 Å². The molecule has 1 aliphatic rings. The van der Waals surface area contributed by atoms with E-state index in [1.165, 1.54) is 18.5 Å². The Morgan fingerprint density at radius 3 is 2.24 bits per heavy atom. The second kappa shape index (κ2) is 9.59.